The van der Waals surface area contributed by atoms with E-state index in [2.05, 4.69) is 15.9 Å². The molecule has 0 radical (unpaired) electrons. The topological polar surface area (TPSA) is 47.6 Å². The van der Waals surface area contributed by atoms with Crippen molar-refractivity contribution in [2.24, 2.45) is 10.9 Å². The molecule has 0 bridgehead atoms. The van der Waals surface area contributed by atoms with Crippen LogP contribution in [0.4, 0.5) is 0 Å². The SMILES string of the molecule is C#CCON=CCCN. The van der Waals surface area contributed by atoms with Crippen LogP contribution in [0.15, 0.2) is 5.16 Å². The van der Waals surface area contributed by atoms with E-state index in [0.29, 0.717) is 6.54 Å². The largest absolute Gasteiger partial charge is 0.383 e. The van der Waals surface area contributed by atoms with Gasteiger partial charge in [0.25, 0.3) is 0 Å². The van der Waals surface area contributed by atoms with Crippen LogP contribution in [0.2, 0.25) is 0 Å². The molecule has 9 heavy (non-hydrogen) atoms. The molecule has 0 saturated carbocycles. The van der Waals surface area contributed by atoms with Crippen LogP contribution in [0.3, 0.4) is 0 Å². The first-order valence-electron chi connectivity index (χ1n) is 2.69. The predicted molar refractivity (Wildman–Crippen MR) is 36.9 cm³/mol. The molecule has 0 amide bonds. The fourth-order valence-corrected chi connectivity index (χ4v) is 0.254. The molecule has 50 valence electrons. The molecule has 0 aliphatic heterocycles. The van der Waals surface area contributed by atoms with Gasteiger partial charge in [-0.05, 0) is 13.0 Å². The first-order chi connectivity index (χ1) is 4.41. The second kappa shape index (κ2) is 6.99. The maximum atomic E-state index is 5.16. The Labute approximate surface area is 54.9 Å². The van der Waals surface area contributed by atoms with Crippen molar-refractivity contribution in [1.29, 1.82) is 0 Å². The van der Waals surface area contributed by atoms with Crippen LogP contribution in [0, 0.1) is 12.3 Å². The van der Waals surface area contributed by atoms with Crippen molar-refractivity contribution in [2.75, 3.05) is 13.2 Å². The van der Waals surface area contributed by atoms with Gasteiger partial charge in [0.2, 0.25) is 0 Å². The van der Waals surface area contributed by atoms with E-state index in [4.69, 9.17) is 12.2 Å². The van der Waals surface area contributed by atoms with E-state index in [1.54, 1.807) is 6.21 Å². The monoisotopic (exact) mass is 126 g/mol. The van der Waals surface area contributed by atoms with E-state index in [1.807, 2.05) is 0 Å². The molecule has 0 atom stereocenters. The summed E-state index contributed by atoms with van der Waals surface area (Å²) < 4.78 is 0. The molecular weight excluding hydrogens is 116 g/mol. The minimum Gasteiger partial charge on any atom is -0.383 e. The van der Waals surface area contributed by atoms with E-state index in [9.17, 15) is 0 Å². The Morgan fingerprint density at radius 2 is 2.56 bits per heavy atom. The van der Waals surface area contributed by atoms with Gasteiger partial charge in [0.1, 0.15) is 0 Å². The Hall–Kier alpha value is -1.01. The van der Waals surface area contributed by atoms with Crippen molar-refractivity contribution < 1.29 is 4.84 Å². The average Bonchev–Trinajstić information content (AvgIpc) is 1.89. The van der Waals surface area contributed by atoms with Gasteiger partial charge in [-0.15, -0.1) is 6.42 Å². The third-order valence-electron chi connectivity index (χ3n) is 0.593. The van der Waals surface area contributed by atoms with Crippen molar-refractivity contribution in [2.45, 2.75) is 6.42 Å². The highest BCUT2D eigenvalue weighted by molar-refractivity contribution is 5.56. The van der Waals surface area contributed by atoms with Gasteiger partial charge >= 0.3 is 0 Å². The van der Waals surface area contributed by atoms with Crippen LogP contribution >= 0.6 is 0 Å². The summed E-state index contributed by atoms with van der Waals surface area (Å²) >= 11 is 0. The zero-order chi connectivity index (χ0) is 6.95. The quantitative estimate of drug-likeness (QED) is 0.249. The van der Waals surface area contributed by atoms with Gasteiger partial charge in [-0.3, -0.25) is 0 Å². The Morgan fingerprint density at radius 3 is 3.11 bits per heavy atom. The van der Waals surface area contributed by atoms with E-state index >= 15 is 0 Å². The number of oxime groups is 1. The van der Waals surface area contributed by atoms with Crippen molar-refractivity contribution in [3.63, 3.8) is 0 Å². The highest BCUT2D eigenvalue weighted by Gasteiger charge is 1.73. The van der Waals surface area contributed by atoms with Crippen LogP contribution < -0.4 is 5.73 Å². The highest BCUT2D eigenvalue weighted by atomic mass is 16.6. The van der Waals surface area contributed by atoms with Crippen LogP contribution in [-0.4, -0.2) is 19.4 Å². The lowest BCUT2D eigenvalue weighted by atomic mass is 10.5. The van der Waals surface area contributed by atoms with Crippen molar-refractivity contribution in [3.05, 3.63) is 0 Å². The Morgan fingerprint density at radius 1 is 1.78 bits per heavy atom. The summed E-state index contributed by atoms with van der Waals surface area (Å²) in [4.78, 5) is 4.56. The van der Waals surface area contributed by atoms with Gasteiger partial charge in [0.15, 0.2) is 6.61 Å². The fraction of sp³-hybridized carbons (Fsp3) is 0.500. The molecule has 0 heterocycles. The molecule has 0 aliphatic carbocycles. The number of terminal acetylenes is 1. The van der Waals surface area contributed by atoms with Crippen LogP contribution in [0.5, 0.6) is 0 Å². The van der Waals surface area contributed by atoms with Gasteiger partial charge in [0.05, 0.1) is 0 Å². The Kier molecular flexibility index (Phi) is 6.21. The Bertz CT molecular complexity index is 115. The van der Waals surface area contributed by atoms with E-state index in [-0.39, 0.29) is 6.61 Å². The van der Waals surface area contributed by atoms with Crippen molar-refractivity contribution >= 4 is 6.21 Å². The average molecular weight is 126 g/mol. The summed E-state index contributed by atoms with van der Waals surface area (Å²) in [6.45, 7) is 0.810. The summed E-state index contributed by atoms with van der Waals surface area (Å²) in [7, 11) is 0. The second-order valence-electron chi connectivity index (χ2n) is 1.34. The number of hydrogen-bond donors (Lipinski definition) is 1. The number of rotatable bonds is 4. The molecule has 0 saturated heterocycles. The molecule has 0 rings (SSSR count). The summed E-state index contributed by atoms with van der Waals surface area (Å²) in [5, 5.41) is 3.50. The third kappa shape index (κ3) is 6.99. The lowest BCUT2D eigenvalue weighted by Gasteiger charge is -1.87. The first kappa shape index (κ1) is 7.99. The minimum absolute atomic E-state index is 0.223. The van der Waals surface area contributed by atoms with Gasteiger partial charge in [-0.2, -0.15) is 0 Å². The van der Waals surface area contributed by atoms with E-state index in [1.165, 1.54) is 0 Å². The summed E-state index contributed by atoms with van der Waals surface area (Å²) in [5.41, 5.74) is 5.16. The predicted octanol–water partition coefficient (Wildman–Crippen LogP) is -0.0292. The third-order valence-corrected chi connectivity index (χ3v) is 0.593. The lowest BCUT2D eigenvalue weighted by molar-refractivity contribution is 0.181. The van der Waals surface area contributed by atoms with Gasteiger partial charge in [-0.25, -0.2) is 0 Å². The van der Waals surface area contributed by atoms with Crippen molar-refractivity contribution in [3.8, 4) is 12.3 Å². The standard InChI is InChI=1S/C6H10N2O/c1-2-6-9-8-5-3-4-7/h1,5H,3-4,6-7H2. The highest BCUT2D eigenvalue weighted by Crippen LogP contribution is 1.73. The van der Waals surface area contributed by atoms with Gasteiger partial charge < -0.3 is 10.6 Å². The van der Waals surface area contributed by atoms with Crippen LogP contribution in [0.1, 0.15) is 6.42 Å². The molecule has 0 fully saturated rings. The number of hydrogen-bond acceptors (Lipinski definition) is 3. The molecule has 2 N–H and O–H groups in total. The summed E-state index contributed by atoms with van der Waals surface area (Å²) in [6, 6.07) is 0. The molecule has 0 aromatic carbocycles. The minimum atomic E-state index is 0.223. The van der Waals surface area contributed by atoms with E-state index < -0.39 is 0 Å². The van der Waals surface area contributed by atoms with Gasteiger partial charge in [0, 0.05) is 6.21 Å². The lowest BCUT2D eigenvalue weighted by Crippen LogP contribution is -1.98. The van der Waals surface area contributed by atoms with Gasteiger partial charge in [-0.1, -0.05) is 11.1 Å². The molecule has 0 unspecified atom stereocenters. The van der Waals surface area contributed by atoms with E-state index in [0.717, 1.165) is 6.42 Å². The molecular formula is C6H10N2O. The molecule has 3 heteroatoms. The zero-order valence-corrected chi connectivity index (χ0v) is 5.21. The Balaban J connectivity index is 2.97. The summed E-state index contributed by atoms with van der Waals surface area (Å²) in [6.07, 6.45) is 7.19. The number of nitrogens with zero attached hydrogens (tertiary/aromatic N) is 1. The number of nitrogens with two attached hydrogens (primary N) is 1. The van der Waals surface area contributed by atoms with Crippen molar-refractivity contribution in [1.82, 2.24) is 0 Å². The molecule has 0 aliphatic rings. The van der Waals surface area contributed by atoms with Crippen LogP contribution in [0.25, 0.3) is 0 Å². The maximum absolute atomic E-state index is 5.16. The maximum Gasteiger partial charge on any atom is 0.177 e. The normalized spacial score (nSPS) is 9.33. The molecule has 0 aromatic rings. The summed E-state index contributed by atoms with van der Waals surface area (Å²) in [5.74, 6) is 2.28. The smallest absolute Gasteiger partial charge is 0.177 e. The molecule has 0 spiro atoms. The second-order valence-corrected chi connectivity index (χ2v) is 1.34. The molecule has 3 nitrogen and oxygen atoms in total. The van der Waals surface area contributed by atoms with Crippen LogP contribution in [-0.2, 0) is 4.84 Å². The first-order valence-corrected chi connectivity index (χ1v) is 2.69. The fourth-order valence-electron chi connectivity index (χ4n) is 0.254. The molecule has 0 aromatic heterocycles. The zero-order valence-electron chi connectivity index (χ0n) is 5.21.